The number of halogens is 3. The lowest BCUT2D eigenvalue weighted by molar-refractivity contribution is -0.148. The quantitative estimate of drug-likeness (QED) is 0.710. The zero-order chi connectivity index (χ0) is 9.41. The lowest BCUT2D eigenvalue weighted by Crippen LogP contribution is -2.28. The van der Waals surface area contributed by atoms with Gasteiger partial charge in [0.2, 0.25) is 0 Å². The summed E-state index contributed by atoms with van der Waals surface area (Å²) in [6, 6.07) is 0. The highest BCUT2D eigenvalue weighted by Gasteiger charge is 2.48. The summed E-state index contributed by atoms with van der Waals surface area (Å²) in [6.07, 6.45) is -2.99. The minimum Gasteiger partial charge on any atom is -0.330 e. The molecule has 0 aromatic carbocycles. The van der Waals surface area contributed by atoms with Crippen molar-refractivity contribution in [3.05, 3.63) is 0 Å². The molecule has 0 saturated heterocycles. The van der Waals surface area contributed by atoms with Gasteiger partial charge in [-0.3, -0.25) is 0 Å². The molecular weight excluding hydrogens is 167 g/mol. The molecule has 1 saturated carbocycles. The SMILES string of the molecule is CC1(C(CN)CC(F)(F)F)CC1. The van der Waals surface area contributed by atoms with Gasteiger partial charge in [-0.05, 0) is 30.7 Å². The lowest BCUT2D eigenvalue weighted by Gasteiger charge is -2.22. The molecule has 4 heteroatoms. The summed E-state index contributed by atoms with van der Waals surface area (Å²) >= 11 is 0. The van der Waals surface area contributed by atoms with Gasteiger partial charge in [0.25, 0.3) is 0 Å². The Kier molecular flexibility index (Phi) is 2.38. The minimum atomic E-state index is -4.06. The van der Waals surface area contributed by atoms with Crippen molar-refractivity contribution >= 4 is 0 Å². The Hall–Kier alpha value is -0.250. The van der Waals surface area contributed by atoms with E-state index in [9.17, 15) is 13.2 Å². The summed E-state index contributed by atoms with van der Waals surface area (Å²) in [5.74, 6) is -0.377. The van der Waals surface area contributed by atoms with Gasteiger partial charge in [-0.25, -0.2) is 0 Å². The molecule has 72 valence electrons. The van der Waals surface area contributed by atoms with E-state index in [0.717, 1.165) is 12.8 Å². The minimum absolute atomic E-state index is 0.121. The van der Waals surface area contributed by atoms with Crippen molar-refractivity contribution < 1.29 is 13.2 Å². The molecule has 1 unspecified atom stereocenters. The van der Waals surface area contributed by atoms with Crippen LogP contribution in [0.2, 0.25) is 0 Å². The molecule has 0 amide bonds. The van der Waals surface area contributed by atoms with E-state index in [1.165, 1.54) is 0 Å². The normalized spacial score (nSPS) is 23.8. The first-order chi connectivity index (χ1) is 5.37. The number of hydrogen-bond acceptors (Lipinski definition) is 1. The molecule has 0 spiro atoms. The van der Waals surface area contributed by atoms with E-state index in [0.29, 0.717) is 0 Å². The summed E-state index contributed by atoms with van der Waals surface area (Å²) in [6.45, 7) is 2.03. The van der Waals surface area contributed by atoms with Crippen LogP contribution in [0.4, 0.5) is 13.2 Å². The molecule has 1 aliphatic carbocycles. The van der Waals surface area contributed by atoms with Gasteiger partial charge in [0.15, 0.2) is 0 Å². The Balaban J connectivity index is 2.47. The highest BCUT2D eigenvalue weighted by atomic mass is 19.4. The van der Waals surface area contributed by atoms with E-state index in [4.69, 9.17) is 5.73 Å². The van der Waals surface area contributed by atoms with Crippen LogP contribution >= 0.6 is 0 Å². The zero-order valence-electron chi connectivity index (χ0n) is 7.12. The van der Waals surface area contributed by atoms with Crippen LogP contribution < -0.4 is 5.73 Å². The molecule has 1 fully saturated rings. The van der Waals surface area contributed by atoms with Crippen LogP contribution in [0.15, 0.2) is 0 Å². The third-order valence-electron chi connectivity index (χ3n) is 2.79. The number of nitrogens with two attached hydrogens (primary N) is 1. The fourth-order valence-corrected chi connectivity index (χ4v) is 1.50. The Morgan fingerprint density at radius 1 is 1.42 bits per heavy atom. The van der Waals surface area contributed by atoms with Crippen molar-refractivity contribution in [1.82, 2.24) is 0 Å². The molecule has 1 nitrogen and oxygen atoms in total. The summed E-state index contributed by atoms with van der Waals surface area (Å²) in [5.41, 5.74) is 5.19. The molecule has 0 aromatic heterocycles. The summed E-state index contributed by atoms with van der Waals surface area (Å²) in [5, 5.41) is 0. The number of hydrogen-bond donors (Lipinski definition) is 1. The van der Waals surface area contributed by atoms with E-state index in [1.54, 1.807) is 0 Å². The van der Waals surface area contributed by atoms with Gasteiger partial charge < -0.3 is 5.73 Å². The van der Waals surface area contributed by atoms with E-state index < -0.39 is 12.6 Å². The van der Waals surface area contributed by atoms with Crippen LogP contribution in [-0.4, -0.2) is 12.7 Å². The molecule has 0 heterocycles. The summed E-state index contributed by atoms with van der Waals surface area (Å²) in [4.78, 5) is 0. The van der Waals surface area contributed by atoms with Crippen molar-refractivity contribution in [2.45, 2.75) is 32.4 Å². The fourth-order valence-electron chi connectivity index (χ4n) is 1.50. The van der Waals surface area contributed by atoms with Crippen LogP contribution in [0.5, 0.6) is 0 Å². The average molecular weight is 181 g/mol. The Morgan fingerprint density at radius 3 is 2.17 bits per heavy atom. The van der Waals surface area contributed by atoms with Gasteiger partial charge in [0.1, 0.15) is 0 Å². The maximum atomic E-state index is 12.0. The summed E-state index contributed by atoms with van der Waals surface area (Å²) in [7, 11) is 0. The second-order valence-electron chi connectivity index (χ2n) is 3.91. The van der Waals surface area contributed by atoms with E-state index in [1.807, 2.05) is 6.92 Å². The predicted octanol–water partition coefficient (Wildman–Crippen LogP) is 2.31. The van der Waals surface area contributed by atoms with Gasteiger partial charge >= 0.3 is 6.18 Å². The number of alkyl halides is 3. The van der Waals surface area contributed by atoms with Crippen molar-refractivity contribution in [2.24, 2.45) is 17.1 Å². The topological polar surface area (TPSA) is 26.0 Å². The lowest BCUT2D eigenvalue weighted by atomic mass is 9.88. The molecule has 1 aliphatic rings. The maximum Gasteiger partial charge on any atom is 0.389 e. The van der Waals surface area contributed by atoms with Crippen LogP contribution in [0.25, 0.3) is 0 Å². The molecule has 0 bridgehead atoms. The van der Waals surface area contributed by atoms with Gasteiger partial charge in [0.05, 0.1) is 0 Å². The third kappa shape index (κ3) is 2.37. The molecule has 12 heavy (non-hydrogen) atoms. The van der Waals surface area contributed by atoms with Crippen molar-refractivity contribution in [3.8, 4) is 0 Å². The van der Waals surface area contributed by atoms with Crippen molar-refractivity contribution in [2.75, 3.05) is 6.54 Å². The molecule has 2 N–H and O–H groups in total. The molecule has 0 aromatic rings. The van der Waals surface area contributed by atoms with Gasteiger partial charge in [0, 0.05) is 6.42 Å². The van der Waals surface area contributed by atoms with Crippen LogP contribution in [0.3, 0.4) is 0 Å². The highest BCUT2D eigenvalue weighted by molar-refractivity contribution is 4.95. The van der Waals surface area contributed by atoms with Gasteiger partial charge in [-0.1, -0.05) is 6.92 Å². The highest BCUT2D eigenvalue weighted by Crippen LogP contribution is 2.53. The number of rotatable bonds is 3. The van der Waals surface area contributed by atoms with Crippen LogP contribution in [0, 0.1) is 11.3 Å². The van der Waals surface area contributed by atoms with E-state index >= 15 is 0 Å². The van der Waals surface area contributed by atoms with E-state index in [-0.39, 0.29) is 17.9 Å². The van der Waals surface area contributed by atoms with E-state index in [2.05, 4.69) is 0 Å². The van der Waals surface area contributed by atoms with Crippen LogP contribution in [0.1, 0.15) is 26.2 Å². The smallest absolute Gasteiger partial charge is 0.330 e. The molecule has 0 aliphatic heterocycles. The molecule has 1 atom stereocenters. The standard InChI is InChI=1S/C8H14F3N/c1-7(2-3-7)6(5-12)4-8(9,10)11/h6H,2-5,12H2,1H3. The maximum absolute atomic E-state index is 12.0. The molecule has 1 rings (SSSR count). The second-order valence-corrected chi connectivity index (χ2v) is 3.91. The van der Waals surface area contributed by atoms with Crippen LogP contribution in [-0.2, 0) is 0 Å². The Labute approximate surface area is 70.1 Å². The third-order valence-corrected chi connectivity index (χ3v) is 2.79. The first kappa shape index (κ1) is 9.84. The largest absolute Gasteiger partial charge is 0.389 e. The summed E-state index contributed by atoms with van der Waals surface area (Å²) < 4.78 is 36.0. The molecular formula is C8H14F3N. The Morgan fingerprint density at radius 2 is 1.92 bits per heavy atom. The van der Waals surface area contributed by atoms with Crippen molar-refractivity contribution in [1.29, 1.82) is 0 Å². The first-order valence-electron chi connectivity index (χ1n) is 4.14. The molecule has 0 radical (unpaired) electrons. The first-order valence-corrected chi connectivity index (χ1v) is 4.14. The van der Waals surface area contributed by atoms with Crippen molar-refractivity contribution in [3.63, 3.8) is 0 Å². The fraction of sp³-hybridized carbons (Fsp3) is 1.00. The predicted molar refractivity (Wildman–Crippen MR) is 40.6 cm³/mol. The zero-order valence-corrected chi connectivity index (χ0v) is 7.12. The second kappa shape index (κ2) is 2.91. The van der Waals surface area contributed by atoms with Gasteiger partial charge in [-0.2, -0.15) is 13.2 Å². The average Bonchev–Trinajstić information content (AvgIpc) is 2.62. The monoisotopic (exact) mass is 181 g/mol. The van der Waals surface area contributed by atoms with Gasteiger partial charge in [-0.15, -0.1) is 0 Å². The Bertz CT molecular complexity index is 160.